The molecule has 0 spiro atoms. The molecule has 0 radical (unpaired) electrons. The Bertz CT molecular complexity index is 462. The minimum atomic E-state index is 0.0948. The summed E-state index contributed by atoms with van der Waals surface area (Å²) in [5, 5.41) is 1.02. The van der Waals surface area contributed by atoms with Crippen molar-refractivity contribution in [2.75, 3.05) is 30.8 Å². The van der Waals surface area contributed by atoms with Crippen molar-refractivity contribution in [3.05, 3.63) is 4.88 Å². The first-order chi connectivity index (χ1) is 9.08. The monoisotopic (exact) mass is 282 g/mol. The molecule has 0 atom stereocenters. The van der Waals surface area contributed by atoms with Crippen LogP contribution in [-0.4, -0.2) is 26.0 Å². The third-order valence-corrected chi connectivity index (χ3v) is 5.02. The molecule has 1 aromatic heterocycles. The molecule has 19 heavy (non-hydrogen) atoms. The number of nitrogens with zero attached hydrogens (tertiary/aromatic N) is 1. The van der Waals surface area contributed by atoms with Gasteiger partial charge in [0, 0.05) is 19.5 Å². The molecule has 1 fully saturated rings. The molecule has 5 heteroatoms. The van der Waals surface area contributed by atoms with Crippen LogP contribution in [0, 0.1) is 5.92 Å². The van der Waals surface area contributed by atoms with Crippen LogP contribution in [0.15, 0.2) is 0 Å². The third kappa shape index (κ3) is 2.71. The Morgan fingerprint density at radius 2 is 2.11 bits per heavy atom. The second-order valence-electron chi connectivity index (χ2n) is 5.13. The number of carbonyl (C=O) groups is 1. The Morgan fingerprint density at radius 1 is 1.47 bits per heavy atom. The van der Waals surface area contributed by atoms with Gasteiger partial charge in [-0.2, -0.15) is 0 Å². The number of nitrogen functional groups attached to an aromatic ring is 1. The first-order valence-electron chi connectivity index (χ1n) is 6.82. The van der Waals surface area contributed by atoms with Crippen molar-refractivity contribution in [2.24, 2.45) is 5.92 Å². The maximum absolute atomic E-state index is 11.9. The number of hydrogen-bond acceptors (Lipinski definition) is 5. The summed E-state index contributed by atoms with van der Waals surface area (Å²) in [6, 6.07) is 0. The Morgan fingerprint density at radius 3 is 2.63 bits per heavy atom. The summed E-state index contributed by atoms with van der Waals surface area (Å²) in [5.74, 6) is 1.55. The van der Waals surface area contributed by atoms with E-state index in [0.29, 0.717) is 22.7 Å². The Labute approximate surface area is 118 Å². The van der Waals surface area contributed by atoms with Gasteiger partial charge in [-0.05, 0) is 18.8 Å². The molecule has 2 heterocycles. The Hall–Kier alpha value is -1.23. The molecule has 1 aliphatic rings. The number of Topliss-reactive ketones (excluding diaryl/α,β-unsaturated/α-hetero) is 1. The molecule has 0 aliphatic carbocycles. The van der Waals surface area contributed by atoms with E-state index in [-0.39, 0.29) is 5.78 Å². The first-order valence-corrected chi connectivity index (χ1v) is 7.64. The highest BCUT2D eigenvalue weighted by Gasteiger charge is 2.26. The molecule has 4 nitrogen and oxygen atoms in total. The minimum Gasteiger partial charge on any atom is -0.492 e. The molecule has 2 rings (SSSR count). The molecule has 1 aliphatic heterocycles. The molecule has 106 valence electrons. The van der Waals surface area contributed by atoms with Crippen molar-refractivity contribution in [3.63, 3.8) is 0 Å². The van der Waals surface area contributed by atoms with Crippen LogP contribution < -0.4 is 15.4 Å². The number of ketones is 1. The number of anilines is 2. The van der Waals surface area contributed by atoms with Crippen LogP contribution in [0.5, 0.6) is 5.75 Å². The van der Waals surface area contributed by atoms with Gasteiger partial charge in [-0.1, -0.05) is 13.8 Å². The standard InChI is InChI=1S/C14H22N2O2S/c1-4-10(17)13-11(15)12(18-3)14(19-13)16-7-5-9(2)6-8-16/h9H,4-8,15H2,1-3H3. The number of piperidine rings is 1. The highest BCUT2D eigenvalue weighted by atomic mass is 32.1. The molecule has 0 amide bonds. The SMILES string of the molecule is CCC(=O)c1sc(N2CCC(C)CC2)c(OC)c1N. The van der Waals surface area contributed by atoms with E-state index in [4.69, 9.17) is 10.5 Å². The fraction of sp³-hybridized carbons (Fsp3) is 0.643. The summed E-state index contributed by atoms with van der Waals surface area (Å²) in [7, 11) is 1.62. The van der Waals surface area contributed by atoms with Crippen LogP contribution in [0.3, 0.4) is 0 Å². The molecule has 1 aromatic rings. The lowest BCUT2D eigenvalue weighted by molar-refractivity contribution is 0.0992. The van der Waals surface area contributed by atoms with Crippen molar-refractivity contribution < 1.29 is 9.53 Å². The van der Waals surface area contributed by atoms with Gasteiger partial charge in [0.05, 0.1) is 17.7 Å². The summed E-state index contributed by atoms with van der Waals surface area (Å²) in [6.45, 7) is 6.16. The minimum absolute atomic E-state index is 0.0948. The highest BCUT2D eigenvalue weighted by molar-refractivity contribution is 7.19. The molecule has 0 aromatic carbocycles. The van der Waals surface area contributed by atoms with E-state index in [1.165, 1.54) is 24.2 Å². The normalized spacial score (nSPS) is 16.7. The Balaban J connectivity index is 2.32. The summed E-state index contributed by atoms with van der Waals surface area (Å²) < 4.78 is 5.42. The maximum atomic E-state index is 11.9. The fourth-order valence-corrected chi connectivity index (χ4v) is 3.65. The van der Waals surface area contributed by atoms with Crippen LogP contribution >= 0.6 is 11.3 Å². The largest absolute Gasteiger partial charge is 0.492 e. The molecule has 1 saturated heterocycles. The van der Waals surface area contributed by atoms with Crippen molar-refractivity contribution in [1.82, 2.24) is 0 Å². The van der Waals surface area contributed by atoms with Crippen LogP contribution in [-0.2, 0) is 0 Å². The number of rotatable bonds is 4. The zero-order valence-corrected chi connectivity index (χ0v) is 12.7. The van der Waals surface area contributed by atoms with Crippen LogP contribution in [0.4, 0.5) is 10.7 Å². The average molecular weight is 282 g/mol. The van der Waals surface area contributed by atoms with Gasteiger partial charge in [0.15, 0.2) is 11.5 Å². The Kier molecular flexibility index (Phi) is 4.34. The van der Waals surface area contributed by atoms with Crippen LogP contribution in [0.1, 0.15) is 42.8 Å². The zero-order valence-electron chi connectivity index (χ0n) is 11.9. The topological polar surface area (TPSA) is 55.6 Å². The average Bonchev–Trinajstić information content (AvgIpc) is 2.75. The second-order valence-corrected chi connectivity index (χ2v) is 6.13. The van der Waals surface area contributed by atoms with Gasteiger partial charge in [0.25, 0.3) is 0 Å². The molecule has 0 saturated carbocycles. The number of nitrogens with two attached hydrogens (primary N) is 1. The van der Waals surface area contributed by atoms with Crippen molar-refractivity contribution in [1.29, 1.82) is 0 Å². The number of ether oxygens (including phenoxy) is 1. The van der Waals surface area contributed by atoms with E-state index >= 15 is 0 Å². The molecular formula is C14H22N2O2S. The van der Waals surface area contributed by atoms with Crippen molar-refractivity contribution >= 4 is 27.8 Å². The van der Waals surface area contributed by atoms with E-state index in [0.717, 1.165) is 24.0 Å². The molecule has 0 unspecified atom stereocenters. The number of thiophene rings is 1. The van der Waals surface area contributed by atoms with Crippen molar-refractivity contribution in [2.45, 2.75) is 33.1 Å². The quantitative estimate of drug-likeness (QED) is 0.862. The van der Waals surface area contributed by atoms with E-state index in [1.807, 2.05) is 6.92 Å². The van der Waals surface area contributed by atoms with Gasteiger partial charge in [0.2, 0.25) is 0 Å². The van der Waals surface area contributed by atoms with Gasteiger partial charge in [-0.25, -0.2) is 0 Å². The predicted octanol–water partition coefficient (Wildman–Crippen LogP) is 3.17. The van der Waals surface area contributed by atoms with E-state index in [1.54, 1.807) is 7.11 Å². The molecule has 0 bridgehead atoms. The van der Waals surface area contributed by atoms with Gasteiger partial charge < -0.3 is 15.4 Å². The van der Waals surface area contributed by atoms with E-state index in [2.05, 4.69) is 11.8 Å². The van der Waals surface area contributed by atoms with Gasteiger partial charge in [-0.3, -0.25) is 4.79 Å². The van der Waals surface area contributed by atoms with E-state index < -0.39 is 0 Å². The zero-order chi connectivity index (χ0) is 14.0. The summed E-state index contributed by atoms with van der Waals surface area (Å²) in [4.78, 5) is 14.9. The lowest BCUT2D eigenvalue weighted by atomic mass is 9.99. The highest BCUT2D eigenvalue weighted by Crippen LogP contribution is 2.46. The fourth-order valence-electron chi connectivity index (χ4n) is 2.40. The summed E-state index contributed by atoms with van der Waals surface area (Å²) in [6.07, 6.45) is 2.83. The third-order valence-electron chi connectivity index (χ3n) is 3.73. The predicted molar refractivity (Wildman–Crippen MR) is 80.5 cm³/mol. The number of carbonyl (C=O) groups excluding carboxylic acids is 1. The first kappa shape index (κ1) is 14.2. The maximum Gasteiger partial charge on any atom is 0.177 e. The van der Waals surface area contributed by atoms with E-state index in [9.17, 15) is 4.79 Å². The lowest BCUT2D eigenvalue weighted by Crippen LogP contribution is -2.32. The van der Waals surface area contributed by atoms with Crippen molar-refractivity contribution in [3.8, 4) is 5.75 Å². The smallest absolute Gasteiger partial charge is 0.177 e. The van der Waals surface area contributed by atoms with Gasteiger partial charge >= 0.3 is 0 Å². The summed E-state index contributed by atoms with van der Waals surface area (Å²) in [5.41, 5.74) is 6.57. The molecule has 2 N–H and O–H groups in total. The van der Waals surface area contributed by atoms with Gasteiger partial charge in [0.1, 0.15) is 5.00 Å². The van der Waals surface area contributed by atoms with Crippen LogP contribution in [0.25, 0.3) is 0 Å². The molecular weight excluding hydrogens is 260 g/mol. The number of hydrogen-bond donors (Lipinski definition) is 1. The summed E-state index contributed by atoms with van der Waals surface area (Å²) >= 11 is 1.48. The van der Waals surface area contributed by atoms with Crippen LogP contribution in [0.2, 0.25) is 0 Å². The van der Waals surface area contributed by atoms with Gasteiger partial charge in [-0.15, -0.1) is 11.3 Å². The second kappa shape index (κ2) is 5.82. The lowest BCUT2D eigenvalue weighted by Gasteiger charge is -2.31. The number of methoxy groups -OCH3 is 1.